The zero-order chi connectivity index (χ0) is 8.32. The van der Waals surface area contributed by atoms with Crippen LogP contribution in [0.25, 0.3) is 0 Å². The summed E-state index contributed by atoms with van der Waals surface area (Å²) in [4.78, 5) is 0. The van der Waals surface area contributed by atoms with E-state index >= 15 is 0 Å². The summed E-state index contributed by atoms with van der Waals surface area (Å²) in [6, 6.07) is -0.189. The van der Waals surface area contributed by atoms with Crippen molar-refractivity contribution in [1.29, 1.82) is 0 Å². The summed E-state index contributed by atoms with van der Waals surface area (Å²) in [5.74, 6) is -1.00. The van der Waals surface area contributed by atoms with Crippen LogP contribution in [-0.2, 0) is 14.2 Å². The van der Waals surface area contributed by atoms with Gasteiger partial charge in [-0.2, -0.15) is 0 Å². The highest BCUT2D eigenvalue weighted by atomic mass is 16.9. The monoisotopic (exact) mass is 161 g/mol. The summed E-state index contributed by atoms with van der Waals surface area (Å²) in [5, 5.41) is 0. The second kappa shape index (κ2) is 3.49. The highest BCUT2D eigenvalue weighted by molar-refractivity contribution is 4.77. The second-order valence-corrected chi connectivity index (χ2v) is 2.61. The first-order valence-corrected chi connectivity index (χ1v) is 3.75. The largest absolute Gasteiger partial charge is 0.330 e. The highest BCUT2D eigenvalue weighted by Crippen LogP contribution is 2.24. The van der Waals surface area contributed by atoms with Gasteiger partial charge in [-0.15, -0.1) is 0 Å². The van der Waals surface area contributed by atoms with E-state index in [-0.39, 0.29) is 6.04 Å². The van der Waals surface area contributed by atoms with E-state index in [1.165, 1.54) is 14.2 Å². The zero-order valence-corrected chi connectivity index (χ0v) is 7.00. The third kappa shape index (κ3) is 1.54. The van der Waals surface area contributed by atoms with Gasteiger partial charge in [0.25, 0.3) is 5.97 Å². The van der Waals surface area contributed by atoms with Crippen molar-refractivity contribution in [2.24, 2.45) is 5.73 Å². The van der Waals surface area contributed by atoms with E-state index < -0.39 is 5.97 Å². The molecule has 1 unspecified atom stereocenters. The Balaban J connectivity index is 2.61. The average molecular weight is 161 g/mol. The third-order valence-electron chi connectivity index (χ3n) is 1.99. The van der Waals surface area contributed by atoms with Crippen molar-refractivity contribution in [1.82, 2.24) is 0 Å². The summed E-state index contributed by atoms with van der Waals surface area (Å²) in [6.45, 7) is 0.648. The minimum Gasteiger partial charge on any atom is -0.330 e. The normalized spacial score (nSPS) is 30.3. The number of nitrogens with two attached hydrogens (primary N) is 1. The highest BCUT2D eigenvalue weighted by Gasteiger charge is 2.41. The molecule has 0 aromatic heterocycles. The van der Waals surface area contributed by atoms with Gasteiger partial charge in [0.05, 0.1) is 12.6 Å². The molecule has 0 radical (unpaired) electrons. The molecule has 4 heteroatoms. The van der Waals surface area contributed by atoms with Gasteiger partial charge in [-0.3, -0.25) is 0 Å². The fourth-order valence-electron chi connectivity index (χ4n) is 1.31. The van der Waals surface area contributed by atoms with Crippen LogP contribution in [0.3, 0.4) is 0 Å². The Morgan fingerprint density at radius 1 is 1.45 bits per heavy atom. The van der Waals surface area contributed by atoms with Gasteiger partial charge < -0.3 is 19.9 Å². The van der Waals surface area contributed by atoms with Gasteiger partial charge in [0.1, 0.15) is 0 Å². The first kappa shape index (κ1) is 8.93. The topological polar surface area (TPSA) is 53.7 Å². The van der Waals surface area contributed by atoms with E-state index in [2.05, 4.69) is 0 Å². The van der Waals surface area contributed by atoms with Gasteiger partial charge in [-0.05, 0) is 12.8 Å². The van der Waals surface area contributed by atoms with E-state index in [4.69, 9.17) is 19.9 Å². The van der Waals surface area contributed by atoms with Crippen molar-refractivity contribution in [3.05, 3.63) is 0 Å². The Bertz CT molecular complexity index is 125. The first-order chi connectivity index (χ1) is 5.25. The molecule has 1 aliphatic heterocycles. The van der Waals surface area contributed by atoms with Crippen LogP contribution >= 0.6 is 0 Å². The van der Waals surface area contributed by atoms with Gasteiger partial charge in [-0.1, -0.05) is 0 Å². The Hall–Kier alpha value is -0.160. The van der Waals surface area contributed by atoms with Crippen LogP contribution in [0.2, 0.25) is 0 Å². The molecule has 0 aromatic carbocycles. The van der Waals surface area contributed by atoms with E-state index in [1.807, 2.05) is 0 Å². The number of rotatable bonds is 2. The lowest BCUT2D eigenvalue weighted by Gasteiger charge is -2.38. The van der Waals surface area contributed by atoms with Crippen LogP contribution in [-0.4, -0.2) is 32.8 Å². The maximum absolute atomic E-state index is 5.76. The molecule has 0 aromatic rings. The summed E-state index contributed by atoms with van der Waals surface area (Å²) >= 11 is 0. The van der Waals surface area contributed by atoms with E-state index in [1.54, 1.807) is 0 Å². The fourth-order valence-corrected chi connectivity index (χ4v) is 1.31. The molecule has 1 fully saturated rings. The van der Waals surface area contributed by atoms with E-state index in [0.29, 0.717) is 6.61 Å². The molecule has 0 aliphatic carbocycles. The van der Waals surface area contributed by atoms with Crippen LogP contribution in [0.5, 0.6) is 0 Å². The summed E-state index contributed by atoms with van der Waals surface area (Å²) in [7, 11) is 3.07. The number of hydrogen-bond donors (Lipinski definition) is 1. The van der Waals surface area contributed by atoms with Gasteiger partial charge in [0.2, 0.25) is 0 Å². The molecule has 66 valence electrons. The molecule has 1 atom stereocenters. The molecule has 1 saturated heterocycles. The smallest absolute Gasteiger partial charge is 0.298 e. The molecule has 1 rings (SSSR count). The van der Waals surface area contributed by atoms with Crippen LogP contribution in [0, 0.1) is 0 Å². The summed E-state index contributed by atoms with van der Waals surface area (Å²) < 4.78 is 15.4. The average Bonchev–Trinajstić information content (AvgIpc) is 2.06. The van der Waals surface area contributed by atoms with Crippen LogP contribution in [0.4, 0.5) is 0 Å². The molecule has 11 heavy (non-hydrogen) atoms. The SMILES string of the molecule is COC1(OC)OCCCC1N. The molecular formula is C7H15NO3. The molecule has 1 heterocycles. The van der Waals surface area contributed by atoms with Crippen LogP contribution in [0.1, 0.15) is 12.8 Å². The second-order valence-electron chi connectivity index (χ2n) is 2.61. The van der Waals surface area contributed by atoms with Gasteiger partial charge in [0.15, 0.2) is 0 Å². The lowest BCUT2D eigenvalue weighted by molar-refractivity contribution is -0.382. The molecular weight excluding hydrogens is 146 g/mol. The molecule has 0 spiro atoms. The Morgan fingerprint density at radius 2 is 2.09 bits per heavy atom. The number of hydrogen-bond acceptors (Lipinski definition) is 4. The Labute approximate surface area is 66.6 Å². The van der Waals surface area contributed by atoms with Crippen LogP contribution < -0.4 is 5.73 Å². The predicted molar refractivity (Wildman–Crippen MR) is 39.9 cm³/mol. The van der Waals surface area contributed by atoms with Gasteiger partial charge in [0, 0.05) is 14.2 Å². The van der Waals surface area contributed by atoms with Crippen molar-refractivity contribution in [2.75, 3.05) is 20.8 Å². The molecule has 2 N–H and O–H groups in total. The maximum atomic E-state index is 5.76. The molecule has 0 amide bonds. The number of ether oxygens (including phenoxy) is 3. The van der Waals surface area contributed by atoms with Crippen molar-refractivity contribution >= 4 is 0 Å². The Kier molecular flexibility index (Phi) is 2.84. The number of methoxy groups -OCH3 is 2. The maximum Gasteiger partial charge on any atom is 0.298 e. The standard InChI is InChI=1S/C7H15NO3/c1-9-7(10-2)6(8)4-3-5-11-7/h6H,3-5,8H2,1-2H3. The first-order valence-electron chi connectivity index (χ1n) is 3.75. The quantitative estimate of drug-likeness (QED) is 0.582. The fraction of sp³-hybridized carbons (Fsp3) is 1.00. The minimum absolute atomic E-state index is 0.189. The summed E-state index contributed by atoms with van der Waals surface area (Å²) in [6.07, 6.45) is 1.84. The van der Waals surface area contributed by atoms with Crippen molar-refractivity contribution in [2.45, 2.75) is 24.9 Å². The van der Waals surface area contributed by atoms with Crippen molar-refractivity contribution < 1.29 is 14.2 Å². The Morgan fingerprint density at radius 3 is 2.45 bits per heavy atom. The summed E-state index contributed by atoms with van der Waals surface area (Å²) in [5.41, 5.74) is 5.76. The van der Waals surface area contributed by atoms with Crippen LogP contribution in [0.15, 0.2) is 0 Å². The van der Waals surface area contributed by atoms with Gasteiger partial charge >= 0.3 is 0 Å². The predicted octanol–water partition coefficient (Wildman–Crippen LogP) is 0.0707. The van der Waals surface area contributed by atoms with Crippen molar-refractivity contribution in [3.8, 4) is 0 Å². The molecule has 0 saturated carbocycles. The molecule has 4 nitrogen and oxygen atoms in total. The van der Waals surface area contributed by atoms with Gasteiger partial charge in [-0.25, -0.2) is 0 Å². The minimum atomic E-state index is -1.00. The van der Waals surface area contributed by atoms with E-state index in [9.17, 15) is 0 Å². The van der Waals surface area contributed by atoms with Crippen molar-refractivity contribution in [3.63, 3.8) is 0 Å². The third-order valence-corrected chi connectivity index (χ3v) is 1.99. The molecule has 1 aliphatic rings. The lowest BCUT2D eigenvalue weighted by atomic mass is 10.1. The van der Waals surface area contributed by atoms with E-state index in [0.717, 1.165) is 12.8 Å². The zero-order valence-electron chi connectivity index (χ0n) is 7.00. The molecule has 0 bridgehead atoms. The lowest BCUT2D eigenvalue weighted by Crippen LogP contribution is -2.55.